The van der Waals surface area contributed by atoms with Crippen molar-refractivity contribution in [1.29, 1.82) is 0 Å². The van der Waals surface area contributed by atoms with E-state index in [9.17, 15) is 9.18 Å². The Morgan fingerprint density at radius 2 is 2.31 bits per heavy atom. The summed E-state index contributed by atoms with van der Waals surface area (Å²) < 4.78 is 19.7. The molecule has 0 radical (unpaired) electrons. The minimum atomic E-state index is -0.543. The molecule has 2 aromatic rings. The number of ether oxygens (including phenoxy) is 1. The second-order valence-corrected chi connectivity index (χ2v) is 3.67. The number of pyridine rings is 1. The van der Waals surface area contributed by atoms with Crippen LogP contribution in [0.3, 0.4) is 0 Å². The molecule has 0 spiro atoms. The SMILES string of the molecule is CC(C)OC(=O)c1cn2cccc(F)c2n1. The summed E-state index contributed by atoms with van der Waals surface area (Å²) in [6.07, 6.45) is 2.85. The summed E-state index contributed by atoms with van der Waals surface area (Å²) in [6.45, 7) is 3.49. The van der Waals surface area contributed by atoms with Gasteiger partial charge in [0.1, 0.15) is 0 Å². The van der Waals surface area contributed by atoms with Crippen molar-refractivity contribution < 1.29 is 13.9 Å². The molecule has 0 aliphatic rings. The highest BCUT2D eigenvalue weighted by atomic mass is 19.1. The molecule has 0 fully saturated rings. The first-order valence-corrected chi connectivity index (χ1v) is 4.92. The van der Waals surface area contributed by atoms with Crippen LogP contribution in [-0.2, 0) is 4.74 Å². The number of hydrogen-bond donors (Lipinski definition) is 0. The number of halogens is 1. The molecular weight excluding hydrogens is 211 g/mol. The van der Waals surface area contributed by atoms with Gasteiger partial charge in [0, 0.05) is 12.4 Å². The van der Waals surface area contributed by atoms with Gasteiger partial charge in [-0.05, 0) is 26.0 Å². The summed E-state index contributed by atoms with van der Waals surface area (Å²) in [5.74, 6) is -1.01. The molecule has 0 aliphatic carbocycles. The van der Waals surface area contributed by atoms with E-state index in [0.29, 0.717) is 0 Å². The largest absolute Gasteiger partial charge is 0.458 e. The van der Waals surface area contributed by atoms with Gasteiger partial charge in [-0.2, -0.15) is 0 Å². The summed E-state index contributed by atoms with van der Waals surface area (Å²) >= 11 is 0. The van der Waals surface area contributed by atoms with Gasteiger partial charge in [-0.1, -0.05) is 0 Å². The second kappa shape index (κ2) is 3.92. The lowest BCUT2D eigenvalue weighted by Crippen LogP contribution is -2.11. The fourth-order valence-electron chi connectivity index (χ4n) is 1.35. The fourth-order valence-corrected chi connectivity index (χ4v) is 1.35. The maximum absolute atomic E-state index is 13.3. The van der Waals surface area contributed by atoms with Crippen LogP contribution in [-0.4, -0.2) is 21.5 Å². The van der Waals surface area contributed by atoms with Gasteiger partial charge in [0.25, 0.3) is 0 Å². The van der Waals surface area contributed by atoms with Crippen molar-refractivity contribution in [2.24, 2.45) is 0 Å². The van der Waals surface area contributed by atoms with E-state index in [1.807, 2.05) is 0 Å². The quantitative estimate of drug-likeness (QED) is 0.730. The van der Waals surface area contributed by atoms with Crippen molar-refractivity contribution in [3.8, 4) is 0 Å². The minimum absolute atomic E-state index is 0.110. The Bertz CT molecular complexity index is 534. The number of hydrogen-bond acceptors (Lipinski definition) is 3. The maximum atomic E-state index is 13.3. The molecule has 0 unspecified atom stereocenters. The van der Waals surface area contributed by atoms with Crippen LogP contribution in [0, 0.1) is 5.82 Å². The molecular formula is C11H11FN2O2. The van der Waals surface area contributed by atoms with Gasteiger partial charge >= 0.3 is 5.97 Å². The highest BCUT2D eigenvalue weighted by Crippen LogP contribution is 2.10. The second-order valence-electron chi connectivity index (χ2n) is 3.67. The third-order valence-electron chi connectivity index (χ3n) is 1.99. The molecule has 2 aromatic heterocycles. The van der Waals surface area contributed by atoms with Gasteiger partial charge < -0.3 is 9.14 Å². The molecule has 16 heavy (non-hydrogen) atoms. The number of esters is 1. The van der Waals surface area contributed by atoms with Crippen LogP contribution in [0.2, 0.25) is 0 Å². The predicted octanol–water partition coefficient (Wildman–Crippen LogP) is 2.04. The zero-order chi connectivity index (χ0) is 11.7. The highest BCUT2D eigenvalue weighted by molar-refractivity contribution is 5.88. The molecule has 0 atom stereocenters. The monoisotopic (exact) mass is 222 g/mol. The zero-order valence-electron chi connectivity index (χ0n) is 8.98. The van der Waals surface area contributed by atoms with Gasteiger partial charge in [0.15, 0.2) is 17.2 Å². The van der Waals surface area contributed by atoms with Crippen molar-refractivity contribution in [2.45, 2.75) is 20.0 Å². The van der Waals surface area contributed by atoms with Crippen molar-refractivity contribution in [3.05, 3.63) is 36.0 Å². The lowest BCUT2D eigenvalue weighted by atomic mass is 10.4. The minimum Gasteiger partial charge on any atom is -0.458 e. The van der Waals surface area contributed by atoms with Gasteiger partial charge in [-0.3, -0.25) is 0 Å². The number of imidazole rings is 1. The number of nitrogens with zero attached hydrogens (tertiary/aromatic N) is 2. The van der Waals surface area contributed by atoms with Crippen LogP contribution in [0.1, 0.15) is 24.3 Å². The number of aromatic nitrogens is 2. The zero-order valence-corrected chi connectivity index (χ0v) is 8.98. The van der Waals surface area contributed by atoms with Crippen LogP contribution >= 0.6 is 0 Å². The van der Waals surface area contributed by atoms with E-state index in [4.69, 9.17) is 4.74 Å². The Labute approximate surface area is 91.7 Å². The van der Waals surface area contributed by atoms with E-state index in [0.717, 1.165) is 0 Å². The summed E-state index contributed by atoms with van der Waals surface area (Å²) in [7, 11) is 0. The van der Waals surface area contributed by atoms with Gasteiger partial charge in [0.05, 0.1) is 6.10 Å². The summed E-state index contributed by atoms with van der Waals surface area (Å²) in [5.41, 5.74) is 0.233. The number of carbonyl (C=O) groups is 1. The first kappa shape index (κ1) is 10.6. The van der Waals surface area contributed by atoms with E-state index in [1.165, 1.54) is 16.7 Å². The van der Waals surface area contributed by atoms with Gasteiger partial charge in [0.2, 0.25) is 0 Å². The van der Waals surface area contributed by atoms with Crippen LogP contribution in [0.4, 0.5) is 4.39 Å². The van der Waals surface area contributed by atoms with Crippen molar-refractivity contribution in [3.63, 3.8) is 0 Å². The predicted molar refractivity (Wildman–Crippen MR) is 55.7 cm³/mol. The lowest BCUT2D eigenvalue weighted by Gasteiger charge is -2.04. The van der Waals surface area contributed by atoms with Crippen LogP contribution in [0.5, 0.6) is 0 Å². The van der Waals surface area contributed by atoms with E-state index in [2.05, 4.69) is 4.98 Å². The van der Waals surface area contributed by atoms with Crippen molar-refractivity contribution in [1.82, 2.24) is 9.38 Å². The smallest absolute Gasteiger partial charge is 0.358 e. The van der Waals surface area contributed by atoms with Crippen molar-refractivity contribution >= 4 is 11.6 Å². The average molecular weight is 222 g/mol. The maximum Gasteiger partial charge on any atom is 0.358 e. The van der Waals surface area contributed by atoms with E-state index in [-0.39, 0.29) is 17.4 Å². The number of fused-ring (bicyclic) bond motifs is 1. The van der Waals surface area contributed by atoms with Crippen LogP contribution in [0.25, 0.3) is 5.65 Å². The molecule has 0 aliphatic heterocycles. The number of carbonyl (C=O) groups excluding carboxylic acids is 1. The fraction of sp³-hybridized carbons (Fsp3) is 0.273. The molecule has 0 bridgehead atoms. The summed E-state index contributed by atoms with van der Waals surface area (Å²) in [4.78, 5) is 15.4. The molecule has 0 amide bonds. The normalized spacial score (nSPS) is 11.0. The average Bonchev–Trinajstić information content (AvgIpc) is 2.61. The molecule has 0 saturated carbocycles. The molecule has 4 nitrogen and oxygen atoms in total. The van der Waals surface area contributed by atoms with Gasteiger partial charge in [-0.25, -0.2) is 14.2 Å². The standard InChI is InChI=1S/C11H11FN2O2/c1-7(2)16-11(15)9-6-14-5-3-4-8(12)10(14)13-9/h3-7H,1-2H3. The summed E-state index contributed by atoms with van der Waals surface area (Å²) in [5, 5.41) is 0. The molecule has 2 heterocycles. The Balaban J connectivity index is 2.40. The molecule has 0 saturated heterocycles. The van der Waals surface area contributed by atoms with Crippen LogP contribution < -0.4 is 0 Å². The Morgan fingerprint density at radius 3 is 2.94 bits per heavy atom. The molecule has 0 aromatic carbocycles. The van der Waals surface area contributed by atoms with Crippen molar-refractivity contribution in [2.75, 3.05) is 0 Å². The Morgan fingerprint density at radius 1 is 1.56 bits per heavy atom. The number of rotatable bonds is 2. The summed E-state index contributed by atoms with van der Waals surface area (Å²) in [6, 6.07) is 2.83. The van der Waals surface area contributed by atoms with Crippen LogP contribution in [0.15, 0.2) is 24.5 Å². The molecule has 2 rings (SSSR count). The van der Waals surface area contributed by atoms with E-state index >= 15 is 0 Å². The first-order chi connectivity index (χ1) is 7.58. The third-order valence-corrected chi connectivity index (χ3v) is 1.99. The van der Waals surface area contributed by atoms with Gasteiger partial charge in [-0.15, -0.1) is 0 Å². The molecule has 84 valence electrons. The van der Waals surface area contributed by atoms with E-state index < -0.39 is 11.8 Å². The lowest BCUT2D eigenvalue weighted by molar-refractivity contribution is 0.0371. The topological polar surface area (TPSA) is 43.6 Å². The first-order valence-electron chi connectivity index (χ1n) is 4.92. The molecule has 5 heteroatoms. The highest BCUT2D eigenvalue weighted by Gasteiger charge is 2.14. The third kappa shape index (κ3) is 1.88. The van der Waals surface area contributed by atoms with E-state index in [1.54, 1.807) is 26.1 Å². The Kier molecular flexibility index (Phi) is 2.60. The molecule has 0 N–H and O–H groups in total. The Hall–Kier alpha value is -1.91.